The van der Waals surface area contributed by atoms with E-state index >= 15 is 0 Å². The summed E-state index contributed by atoms with van der Waals surface area (Å²) in [5.74, 6) is -9.54. The molecular formula is C30H30N2O9. The van der Waals surface area contributed by atoms with Crippen LogP contribution in [0.3, 0.4) is 0 Å². The third kappa shape index (κ3) is 3.69. The zero-order chi connectivity index (χ0) is 30.3. The normalized spacial score (nSPS) is 29.3. The molecule has 1 saturated carbocycles. The quantitative estimate of drug-likeness (QED) is 0.234. The highest BCUT2D eigenvalue weighted by Crippen LogP contribution is 2.56. The van der Waals surface area contributed by atoms with E-state index in [4.69, 9.17) is 5.73 Å². The Morgan fingerprint density at radius 3 is 2.15 bits per heavy atom. The summed E-state index contributed by atoms with van der Waals surface area (Å²) in [7, 11) is 2.90. The van der Waals surface area contributed by atoms with Crippen LogP contribution in [-0.2, 0) is 14.4 Å². The summed E-state index contributed by atoms with van der Waals surface area (Å²) in [4.78, 5) is 52.5. The second-order valence-electron chi connectivity index (χ2n) is 11.1. The number of phenolic OH excluding ortho intramolecular Hbond substituents is 1. The summed E-state index contributed by atoms with van der Waals surface area (Å²) < 4.78 is 0. The Kier molecular flexibility index (Phi) is 6.45. The Morgan fingerprint density at radius 2 is 1.61 bits per heavy atom. The molecule has 3 aliphatic carbocycles. The summed E-state index contributed by atoms with van der Waals surface area (Å²) in [5.41, 5.74) is 2.50. The molecule has 5 rings (SSSR count). The SMILES string of the molecule is CC(=O)c1ccc(-c2ccc3c(c2O)C(O)=C2C(=O)C4(O)C(O)=C(C(N)=O)C(=O)C(N(C)C)C4C(O)C2C3C)cc1. The van der Waals surface area contributed by atoms with Gasteiger partial charge in [-0.1, -0.05) is 43.3 Å². The minimum absolute atomic E-state index is 0.103. The second kappa shape index (κ2) is 9.37. The number of phenols is 1. The summed E-state index contributed by atoms with van der Waals surface area (Å²) in [6, 6.07) is 8.24. The number of fused-ring (bicyclic) bond motifs is 3. The molecular weight excluding hydrogens is 532 g/mol. The summed E-state index contributed by atoms with van der Waals surface area (Å²) in [5, 5.41) is 57.3. The number of aromatic hydroxyl groups is 1. The summed E-state index contributed by atoms with van der Waals surface area (Å²) in [6.45, 7) is 3.08. The maximum absolute atomic E-state index is 14.1. The smallest absolute Gasteiger partial charge is 0.255 e. The number of likely N-dealkylation sites (N-methyl/N-ethyl adjacent to an activating group) is 1. The van der Waals surface area contributed by atoms with Crippen LogP contribution in [0.5, 0.6) is 5.75 Å². The fourth-order valence-electron chi connectivity index (χ4n) is 6.73. The molecule has 41 heavy (non-hydrogen) atoms. The van der Waals surface area contributed by atoms with E-state index in [0.29, 0.717) is 16.7 Å². The Labute approximate surface area is 234 Å². The summed E-state index contributed by atoms with van der Waals surface area (Å²) >= 11 is 0. The number of ketones is 3. The molecule has 0 bridgehead atoms. The van der Waals surface area contributed by atoms with E-state index in [0.717, 1.165) is 0 Å². The lowest BCUT2D eigenvalue weighted by Crippen LogP contribution is -2.70. The predicted octanol–water partition coefficient (Wildman–Crippen LogP) is 1.37. The first-order valence-electron chi connectivity index (χ1n) is 13.0. The van der Waals surface area contributed by atoms with Gasteiger partial charge < -0.3 is 31.3 Å². The van der Waals surface area contributed by atoms with Gasteiger partial charge in [0.05, 0.1) is 23.6 Å². The van der Waals surface area contributed by atoms with E-state index in [1.54, 1.807) is 43.3 Å². The van der Waals surface area contributed by atoms with E-state index in [-0.39, 0.29) is 22.7 Å². The molecule has 0 saturated heterocycles. The van der Waals surface area contributed by atoms with Crippen LogP contribution in [0.2, 0.25) is 0 Å². The second-order valence-corrected chi connectivity index (χ2v) is 11.1. The van der Waals surface area contributed by atoms with Gasteiger partial charge in [0.15, 0.2) is 17.2 Å². The molecule has 2 aromatic carbocycles. The van der Waals surface area contributed by atoms with Crippen molar-refractivity contribution in [3.63, 3.8) is 0 Å². The third-order valence-electron chi connectivity index (χ3n) is 8.73. The number of carbonyl (C=O) groups excluding carboxylic acids is 4. The molecule has 214 valence electrons. The van der Waals surface area contributed by atoms with Gasteiger partial charge >= 0.3 is 0 Å². The number of amides is 1. The van der Waals surface area contributed by atoms with Gasteiger partial charge in [0, 0.05) is 22.6 Å². The van der Waals surface area contributed by atoms with Crippen LogP contribution in [-0.4, -0.2) is 85.5 Å². The molecule has 7 N–H and O–H groups in total. The molecule has 0 aliphatic heterocycles. The molecule has 6 unspecified atom stereocenters. The number of nitrogens with two attached hydrogens (primary N) is 1. The van der Waals surface area contributed by atoms with Crippen molar-refractivity contribution < 1.29 is 44.7 Å². The Morgan fingerprint density at radius 1 is 1.00 bits per heavy atom. The first kappa shape index (κ1) is 28.2. The Bertz CT molecular complexity index is 1600. The molecule has 0 spiro atoms. The van der Waals surface area contributed by atoms with Crippen molar-refractivity contribution in [2.45, 2.75) is 37.5 Å². The monoisotopic (exact) mass is 562 g/mol. The number of Topliss-reactive ketones (excluding diaryl/α,β-unsaturated/α-hetero) is 3. The van der Waals surface area contributed by atoms with E-state index in [9.17, 15) is 44.7 Å². The van der Waals surface area contributed by atoms with Crippen LogP contribution in [0.15, 0.2) is 53.3 Å². The zero-order valence-corrected chi connectivity index (χ0v) is 22.7. The molecule has 1 amide bonds. The van der Waals surface area contributed by atoms with Crippen molar-refractivity contribution in [1.29, 1.82) is 0 Å². The summed E-state index contributed by atoms with van der Waals surface area (Å²) in [6.07, 6.45) is -1.66. The molecule has 0 radical (unpaired) electrons. The Balaban J connectivity index is 1.75. The topological polar surface area (TPSA) is 199 Å². The van der Waals surface area contributed by atoms with E-state index in [1.807, 2.05) is 0 Å². The zero-order valence-electron chi connectivity index (χ0n) is 22.7. The number of benzene rings is 2. The molecule has 6 atom stereocenters. The van der Waals surface area contributed by atoms with Gasteiger partial charge in [0.25, 0.3) is 5.91 Å². The van der Waals surface area contributed by atoms with Crippen LogP contribution in [0.4, 0.5) is 0 Å². The first-order chi connectivity index (χ1) is 19.2. The van der Waals surface area contributed by atoms with Gasteiger partial charge in [-0.25, -0.2) is 0 Å². The molecule has 0 heterocycles. The number of carbonyl (C=O) groups is 4. The van der Waals surface area contributed by atoms with Crippen LogP contribution >= 0.6 is 0 Å². The highest BCUT2D eigenvalue weighted by Gasteiger charge is 2.68. The van der Waals surface area contributed by atoms with Crippen molar-refractivity contribution in [3.05, 3.63) is 70.0 Å². The minimum Gasteiger partial charge on any atom is -0.508 e. The first-order valence-corrected chi connectivity index (χ1v) is 13.0. The van der Waals surface area contributed by atoms with Gasteiger partial charge in [-0.2, -0.15) is 0 Å². The maximum atomic E-state index is 14.1. The van der Waals surface area contributed by atoms with E-state index in [2.05, 4.69) is 0 Å². The van der Waals surface area contributed by atoms with E-state index < -0.39 is 75.6 Å². The van der Waals surface area contributed by atoms with Crippen LogP contribution in [0.1, 0.15) is 41.3 Å². The lowest BCUT2D eigenvalue weighted by atomic mass is 9.54. The average molecular weight is 563 g/mol. The highest BCUT2D eigenvalue weighted by atomic mass is 16.4. The van der Waals surface area contributed by atoms with Crippen LogP contribution in [0.25, 0.3) is 16.9 Å². The molecule has 3 aliphatic rings. The number of hydrogen-bond acceptors (Lipinski definition) is 10. The highest BCUT2D eigenvalue weighted by molar-refractivity contribution is 6.24. The van der Waals surface area contributed by atoms with Gasteiger partial charge in [-0.05, 0) is 38.1 Å². The molecule has 11 nitrogen and oxygen atoms in total. The number of aliphatic hydroxyl groups excluding tert-OH is 3. The molecule has 2 aromatic rings. The minimum atomic E-state index is -2.97. The number of primary amides is 1. The van der Waals surface area contributed by atoms with Crippen molar-refractivity contribution in [2.24, 2.45) is 17.6 Å². The predicted molar refractivity (Wildman–Crippen MR) is 146 cm³/mol. The van der Waals surface area contributed by atoms with Gasteiger partial charge in [-0.3, -0.25) is 24.1 Å². The fourth-order valence-corrected chi connectivity index (χ4v) is 6.73. The van der Waals surface area contributed by atoms with Crippen molar-refractivity contribution in [1.82, 2.24) is 4.90 Å². The van der Waals surface area contributed by atoms with Gasteiger partial charge in [-0.15, -0.1) is 0 Å². The number of nitrogens with zero attached hydrogens (tertiary/aromatic N) is 1. The standard InChI is InChI=1S/C30H30N2O9/c1-11-15-9-10-16(14-7-5-13(6-8-14)12(2)33)23(34)18(15)24(35)19-17(11)25(36)21-22(32(3)4)26(37)20(29(31)40)28(39)30(21,41)27(19)38/h5-11,17,21-22,25,34-36,39,41H,1-4H3,(H2,31,40). The molecule has 1 fully saturated rings. The Hall–Kier alpha value is -4.32. The number of rotatable bonds is 4. The van der Waals surface area contributed by atoms with Gasteiger partial charge in [0.2, 0.25) is 5.78 Å². The lowest BCUT2D eigenvalue weighted by molar-refractivity contribution is -0.169. The van der Waals surface area contributed by atoms with Crippen LogP contribution in [0, 0.1) is 11.8 Å². The van der Waals surface area contributed by atoms with Crippen molar-refractivity contribution >= 4 is 29.0 Å². The number of hydrogen-bond donors (Lipinski definition) is 6. The molecule has 0 aromatic heterocycles. The number of aliphatic hydroxyl groups is 4. The third-order valence-corrected chi connectivity index (χ3v) is 8.73. The fraction of sp³-hybridized carbons (Fsp3) is 0.333. The largest absolute Gasteiger partial charge is 0.508 e. The van der Waals surface area contributed by atoms with Crippen LogP contribution < -0.4 is 5.73 Å². The van der Waals surface area contributed by atoms with Gasteiger partial charge in [0.1, 0.15) is 22.8 Å². The van der Waals surface area contributed by atoms with Crippen molar-refractivity contribution in [2.75, 3.05) is 14.1 Å². The van der Waals surface area contributed by atoms with Crippen molar-refractivity contribution in [3.8, 4) is 16.9 Å². The molecule has 11 heteroatoms. The van der Waals surface area contributed by atoms with E-state index in [1.165, 1.54) is 25.9 Å². The maximum Gasteiger partial charge on any atom is 0.255 e. The lowest BCUT2D eigenvalue weighted by Gasteiger charge is -2.53. The average Bonchev–Trinajstić information content (AvgIpc) is 2.90.